The standard InChI is InChI=1S/C19H19ClN2O3/c1-25-17-7-5-16(6-8-17)22-12-14(10-18(22)23)19(24)21-11-13-3-2-4-15(20)9-13/h2-9,14H,10-12H2,1H3,(H,21,24)/t14-/m1/s1. The van der Waals surface area contributed by atoms with Crippen molar-refractivity contribution in [2.24, 2.45) is 5.92 Å². The number of methoxy groups -OCH3 is 1. The summed E-state index contributed by atoms with van der Waals surface area (Å²) in [5.41, 5.74) is 1.70. The van der Waals surface area contributed by atoms with Gasteiger partial charge in [0.1, 0.15) is 5.75 Å². The summed E-state index contributed by atoms with van der Waals surface area (Å²) in [5, 5.41) is 3.52. The topological polar surface area (TPSA) is 58.6 Å². The molecule has 1 aliphatic rings. The molecule has 25 heavy (non-hydrogen) atoms. The quantitative estimate of drug-likeness (QED) is 0.893. The Morgan fingerprint density at radius 3 is 2.72 bits per heavy atom. The molecule has 2 amide bonds. The molecule has 0 aromatic heterocycles. The van der Waals surface area contributed by atoms with Crippen LogP contribution in [0.3, 0.4) is 0 Å². The molecule has 2 aromatic carbocycles. The molecule has 1 fully saturated rings. The Bertz CT molecular complexity index is 776. The number of benzene rings is 2. The smallest absolute Gasteiger partial charge is 0.227 e. The molecule has 5 nitrogen and oxygen atoms in total. The first kappa shape index (κ1) is 17.3. The minimum absolute atomic E-state index is 0.0481. The third-order valence-electron chi connectivity index (χ3n) is 4.24. The van der Waals surface area contributed by atoms with Gasteiger partial charge in [-0.25, -0.2) is 0 Å². The van der Waals surface area contributed by atoms with E-state index >= 15 is 0 Å². The average Bonchev–Trinajstić information content (AvgIpc) is 3.02. The molecule has 3 rings (SSSR count). The lowest BCUT2D eigenvalue weighted by Gasteiger charge is -2.17. The van der Waals surface area contributed by atoms with Gasteiger partial charge in [-0.2, -0.15) is 0 Å². The van der Waals surface area contributed by atoms with Gasteiger partial charge in [-0.05, 0) is 42.0 Å². The summed E-state index contributed by atoms with van der Waals surface area (Å²) in [6.45, 7) is 0.777. The number of anilines is 1. The summed E-state index contributed by atoms with van der Waals surface area (Å²) in [6, 6.07) is 14.6. The molecule has 1 saturated heterocycles. The molecular weight excluding hydrogens is 340 g/mol. The molecule has 2 aromatic rings. The van der Waals surface area contributed by atoms with E-state index in [1.165, 1.54) is 0 Å². The molecule has 0 unspecified atom stereocenters. The van der Waals surface area contributed by atoms with Crippen molar-refractivity contribution in [1.29, 1.82) is 0 Å². The number of halogens is 1. The van der Waals surface area contributed by atoms with Crippen molar-refractivity contribution in [3.63, 3.8) is 0 Å². The third kappa shape index (κ3) is 4.12. The first-order valence-corrected chi connectivity index (χ1v) is 8.41. The summed E-state index contributed by atoms with van der Waals surface area (Å²) in [6.07, 6.45) is 0.216. The highest BCUT2D eigenvalue weighted by atomic mass is 35.5. The number of nitrogens with one attached hydrogen (secondary N) is 1. The third-order valence-corrected chi connectivity index (χ3v) is 4.47. The molecule has 0 radical (unpaired) electrons. The molecule has 0 aliphatic carbocycles. The minimum Gasteiger partial charge on any atom is -0.497 e. The van der Waals surface area contributed by atoms with Crippen LogP contribution in [-0.2, 0) is 16.1 Å². The van der Waals surface area contributed by atoms with Gasteiger partial charge in [0.25, 0.3) is 0 Å². The zero-order valence-corrected chi connectivity index (χ0v) is 14.6. The molecule has 0 bridgehead atoms. The van der Waals surface area contributed by atoms with Crippen LogP contribution in [0.15, 0.2) is 48.5 Å². The number of rotatable bonds is 5. The summed E-state index contributed by atoms with van der Waals surface area (Å²) < 4.78 is 5.12. The van der Waals surface area contributed by atoms with Crippen LogP contribution in [0, 0.1) is 5.92 Å². The number of carbonyl (C=O) groups excluding carboxylic acids is 2. The fourth-order valence-corrected chi connectivity index (χ4v) is 3.09. The average molecular weight is 359 g/mol. The maximum atomic E-state index is 12.4. The van der Waals surface area contributed by atoms with Crippen molar-refractivity contribution in [2.45, 2.75) is 13.0 Å². The molecule has 0 spiro atoms. The number of carbonyl (C=O) groups is 2. The maximum Gasteiger partial charge on any atom is 0.227 e. The Balaban J connectivity index is 1.60. The van der Waals surface area contributed by atoms with Crippen LogP contribution in [0.5, 0.6) is 5.75 Å². The Kier molecular flexibility index (Phi) is 5.24. The number of ether oxygens (including phenoxy) is 1. The lowest BCUT2D eigenvalue weighted by molar-refractivity contribution is -0.126. The Morgan fingerprint density at radius 2 is 2.04 bits per heavy atom. The van der Waals surface area contributed by atoms with Crippen molar-refractivity contribution in [1.82, 2.24) is 5.32 Å². The van der Waals surface area contributed by atoms with Crippen molar-refractivity contribution >= 4 is 29.1 Å². The van der Waals surface area contributed by atoms with Gasteiger partial charge in [0, 0.05) is 30.2 Å². The van der Waals surface area contributed by atoms with Crippen LogP contribution in [0.2, 0.25) is 5.02 Å². The van der Waals surface area contributed by atoms with Gasteiger partial charge >= 0.3 is 0 Å². The van der Waals surface area contributed by atoms with Gasteiger partial charge in [-0.1, -0.05) is 23.7 Å². The Morgan fingerprint density at radius 1 is 1.28 bits per heavy atom. The van der Waals surface area contributed by atoms with E-state index in [1.807, 2.05) is 30.3 Å². The Labute approximate surface area is 151 Å². The molecule has 130 valence electrons. The zero-order chi connectivity index (χ0) is 17.8. The van der Waals surface area contributed by atoms with Crippen LogP contribution >= 0.6 is 11.6 Å². The number of hydrogen-bond donors (Lipinski definition) is 1. The van der Waals surface area contributed by atoms with E-state index < -0.39 is 0 Å². The van der Waals surface area contributed by atoms with E-state index in [2.05, 4.69) is 5.32 Å². The van der Waals surface area contributed by atoms with E-state index in [4.69, 9.17) is 16.3 Å². The maximum absolute atomic E-state index is 12.4. The van der Waals surface area contributed by atoms with Crippen LogP contribution in [0.25, 0.3) is 0 Å². The van der Waals surface area contributed by atoms with Gasteiger partial charge in [0.15, 0.2) is 0 Å². The fourth-order valence-electron chi connectivity index (χ4n) is 2.88. The zero-order valence-electron chi connectivity index (χ0n) is 13.9. The van der Waals surface area contributed by atoms with E-state index in [-0.39, 0.29) is 24.2 Å². The summed E-state index contributed by atoms with van der Waals surface area (Å²) in [7, 11) is 1.59. The second-order valence-electron chi connectivity index (χ2n) is 5.95. The molecular formula is C19H19ClN2O3. The van der Waals surface area contributed by atoms with Crippen LogP contribution in [-0.4, -0.2) is 25.5 Å². The molecule has 1 atom stereocenters. The van der Waals surface area contributed by atoms with E-state index in [9.17, 15) is 9.59 Å². The predicted octanol–water partition coefficient (Wildman–Crippen LogP) is 3.02. The highest BCUT2D eigenvalue weighted by molar-refractivity contribution is 6.30. The van der Waals surface area contributed by atoms with Crippen molar-refractivity contribution in [2.75, 3.05) is 18.6 Å². The minimum atomic E-state index is -0.353. The predicted molar refractivity (Wildman–Crippen MR) is 96.8 cm³/mol. The van der Waals surface area contributed by atoms with Crippen LogP contribution in [0.4, 0.5) is 5.69 Å². The van der Waals surface area contributed by atoms with Crippen molar-refractivity contribution < 1.29 is 14.3 Å². The van der Waals surface area contributed by atoms with E-state index in [0.717, 1.165) is 17.0 Å². The highest BCUT2D eigenvalue weighted by Gasteiger charge is 2.34. The number of nitrogens with zero attached hydrogens (tertiary/aromatic N) is 1. The number of hydrogen-bond acceptors (Lipinski definition) is 3. The molecule has 0 saturated carbocycles. The second kappa shape index (κ2) is 7.57. The molecule has 1 heterocycles. The van der Waals surface area contributed by atoms with Gasteiger partial charge in [0.05, 0.1) is 13.0 Å². The lowest BCUT2D eigenvalue weighted by atomic mass is 10.1. The first-order chi connectivity index (χ1) is 12.1. The second-order valence-corrected chi connectivity index (χ2v) is 6.39. The van der Waals surface area contributed by atoms with Gasteiger partial charge < -0.3 is 15.0 Å². The van der Waals surface area contributed by atoms with E-state index in [1.54, 1.807) is 30.2 Å². The van der Waals surface area contributed by atoms with Crippen molar-refractivity contribution in [3.8, 4) is 5.75 Å². The first-order valence-electron chi connectivity index (χ1n) is 8.03. The Hall–Kier alpha value is -2.53. The normalized spacial score (nSPS) is 16.8. The monoisotopic (exact) mass is 358 g/mol. The summed E-state index contributed by atoms with van der Waals surface area (Å²) in [5.74, 6) is 0.206. The SMILES string of the molecule is COc1ccc(N2C[C@H](C(=O)NCc3cccc(Cl)c3)CC2=O)cc1. The van der Waals surface area contributed by atoms with Gasteiger partial charge in [-0.15, -0.1) is 0 Å². The van der Waals surface area contributed by atoms with Crippen LogP contribution in [0.1, 0.15) is 12.0 Å². The van der Waals surface area contributed by atoms with Crippen molar-refractivity contribution in [3.05, 3.63) is 59.1 Å². The molecule has 1 N–H and O–H groups in total. The number of amides is 2. The highest BCUT2D eigenvalue weighted by Crippen LogP contribution is 2.27. The largest absolute Gasteiger partial charge is 0.497 e. The summed E-state index contributed by atoms with van der Waals surface area (Å²) in [4.78, 5) is 26.3. The van der Waals surface area contributed by atoms with E-state index in [0.29, 0.717) is 18.1 Å². The van der Waals surface area contributed by atoms with Gasteiger partial charge in [0.2, 0.25) is 11.8 Å². The van der Waals surface area contributed by atoms with Gasteiger partial charge in [-0.3, -0.25) is 9.59 Å². The van der Waals surface area contributed by atoms with Crippen LogP contribution < -0.4 is 15.0 Å². The lowest BCUT2D eigenvalue weighted by Crippen LogP contribution is -2.32. The molecule has 1 aliphatic heterocycles. The fraction of sp³-hybridized carbons (Fsp3) is 0.263. The summed E-state index contributed by atoms with van der Waals surface area (Å²) >= 11 is 5.94. The molecule has 6 heteroatoms.